The van der Waals surface area contributed by atoms with Crippen molar-refractivity contribution in [2.45, 2.75) is 12.8 Å². The molecule has 0 atom stereocenters. The normalized spacial score (nSPS) is 10.6. The topological polar surface area (TPSA) is 81.8 Å². The van der Waals surface area contributed by atoms with Crippen LogP contribution >= 0.6 is 0 Å². The second kappa shape index (κ2) is 8.44. The molecule has 0 fully saturated rings. The predicted molar refractivity (Wildman–Crippen MR) is 113 cm³/mol. The van der Waals surface area contributed by atoms with Crippen molar-refractivity contribution in [1.82, 2.24) is 15.0 Å². The van der Waals surface area contributed by atoms with Gasteiger partial charge in [0.2, 0.25) is 0 Å². The van der Waals surface area contributed by atoms with Gasteiger partial charge in [0.25, 0.3) is 0 Å². The lowest BCUT2D eigenvalue weighted by Crippen LogP contribution is -2.04. The van der Waals surface area contributed by atoms with Gasteiger partial charge in [0.1, 0.15) is 5.82 Å². The fraction of sp³-hybridized carbons (Fsp3) is 0.0833. The van der Waals surface area contributed by atoms with Crippen LogP contribution in [0.1, 0.15) is 27.3 Å². The summed E-state index contributed by atoms with van der Waals surface area (Å²) in [6.45, 7) is 0. The first-order valence-electron chi connectivity index (χ1n) is 9.36. The summed E-state index contributed by atoms with van der Waals surface area (Å²) in [5.41, 5.74) is 10.8. The summed E-state index contributed by atoms with van der Waals surface area (Å²) in [5.74, 6) is 0.797. The molecule has 0 aliphatic carbocycles. The van der Waals surface area contributed by atoms with Crippen molar-refractivity contribution in [3.05, 3.63) is 108 Å². The zero-order valence-electron chi connectivity index (χ0n) is 15.8. The van der Waals surface area contributed by atoms with Gasteiger partial charge in [-0.15, -0.1) is 0 Å². The van der Waals surface area contributed by atoms with E-state index in [1.807, 2.05) is 42.5 Å². The maximum Gasteiger partial charge on any atom is 0.167 e. The van der Waals surface area contributed by atoms with Gasteiger partial charge in [-0.2, -0.15) is 0 Å². The third-order valence-electron chi connectivity index (χ3n) is 4.61. The summed E-state index contributed by atoms with van der Waals surface area (Å²) in [6.07, 6.45) is 6.23. The van der Waals surface area contributed by atoms with E-state index < -0.39 is 0 Å². The van der Waals surface area contributed by atoms with Gasteiger partial charge in [-0.25, -0.2) is 9.97 Å². The third kappa shape index (κ3) is 4.71. The lowest BCUT2D eigenvalue weighted by atomic mass is 10.00. The third-order valence-corrected chi connectivity index (χ3v) is 4.61. The number of benzene rings is 2. The molecule has 0 radical (unpaired) electrons. The molecule has 2 aromatic heterocycles. The molecule has 0 aliphatic rings. The number of nitrogens with two attached hydrogens (primary N) is 1. The maximum atomic E-state index is 12.5. The highest BCUT2D eigenvalue weighted by atomic mass is 16.1. The SMILES string of the molecule is Nc1ccc(C(=O)Cc2cccc(Cc3nccc(-c4cccnc4)n3)c2)cc1. The summed E-state index contributed by atoms with van der Waals surface area (Å²) >= 11 is 0. The van der Waals surface area contributed by atoms with Gasteiger partial charge >= 0.3 is 0 Å². The minimum Gasteiger partial charge on any atom is -0.399 e. The number of hydrogen-bond acceptors (Lipinski definition) is 5. The molecule has 2 heterocycles. The molecule has 2 N–H and O–H groups in total. The molecular formula is C24H20N4O. The zero-order chi connectivity index (χ0) is 20.1. The molecule has 2 aromatic carbocycles. The van der Waals surface area contributed by atoms with Gasteiger partial charge in [0.15, 0.2) is 5.78 Å². The van der Waals surface area contributed by atoms with Crippen LogP contribution in [0.2, 0.25) is 0 Å². The number of carbonyl (C=O) groups excluding carboxylic acids is 1. The van der Waals surface area contributed by atoms with Gasteiger partial charge in [-0.1, -0.05) is 24.3 Å². The van der Waals surface area contributed by atoms with E-state index in [4.69, 9.17) is 5.73 Å². The molecule has 4 rings (SSSR count). The molecule has 0 saturated heterocycles. The number of ketones is 1. The number of carbonyl (C=O) groups is 1. The minimum atomic E-state index is 0.0666. The Bertz CT molecular complexity index is 1120. The maximum absolute atomic E-state index is 12.5. The van der Waals surface area contributed by atoms with Gasteiger partial charge in [0.05, 0.1) is 5.69 Å². The fourth-order valence-electron chi connectivity index (χ4n) is 3.15. The molecule has 0 unspecified atom stereocenters. The van der Waals surface area contributed by atoms with Crippen molar-refractivity contribution in [1.29, 1.82) is 0 Å². The van der Waals surface area contributed by atoms with Crippen LogP contribution in [0, 0.1) is 0 Å². The summed E-state index contributed by atoms with van der Waals surface area (Å²) < 4.78 is 0. The number of hydrogen-bond donors (Lipinski definition) is 1. The summed E-state index contributed by atoms with van der Waals surface area (Å²) in [5, 5.41) is 0. The Hall–Kier alpha value is -3.86. The van der Waals surface area contributed by atoms with E-state index >= 15 is 0 Å². The molecular weight excluding hydrogens is 360 g/mol. The summed E-state index contributed by atoms with van der Waals surface area (Å²) in [6, 6.07) is 20.7. The highest BCUT2D eigenvalue weighted by Gasteiger charge is 2.09. The Balaban J connectivity index is 1.49. The second-order valence-corrected chi connectivity index (χ2v) is 6.82. The highest BCUT2D eigenvalue weighted by Crippen LogP contribution is 2.17. The van der Waals surface area contributed by atoms with Crippen molar-refractivity contribution >= 4 is 11.5 Å². The van der Waals surface area contributed by atoms with Crippen LogP contribution in [0.4, 0.5) is 5.69 Å². The minimum absolute atomic E-state index is 0.0666. The van der Waals surface area contributed by atoms with Crippen LogP contribution in [-0.4, -0.2) is 20.7 Å². The Labute approximate surface area is 169 Å². The van der Waals surface area contributed by atoms with Crippen LogP contribution in [0.15, 0.2) is 85.3 Å². The van der Waals surface area contributed by atoms with Gasteiger partial charge in [-0.3, -0.25) is 9.78 Å². The van der Waals surface area contributed by atoms with Gasteiger partial charge in [0, 0.05) is 48.2 Å². The lowest BCUT2D eigenvalue weighted by molar-refractivity contribution is 0.0993. The van der Waals surface area contributed by atoms with Crippen molar-refractivity contribution in [3.63, 3.8) is 0 Å². The molecule has 5 nitrogen and oxygen atoms in total. The largest absolute Gasteiger partial charge is 0.399 e. The Morgan fingerprint density at radius 2 is 1.72 bits per heavy atom. The number of nitrogen functional groups attached to an aromatic ring is 1. The van der Waals surface area contributed by atoms with E-state index in [1.165, 1.54) is 0 Å². The van der Waals surface area contributed by atoms with Crippen molar-refractivity contribution in [2.24, 2.45) is 0 Å². The van der Waals surface area contributed by atoms with Gasteiger partial charge in [-0.05, 0) is 53.6 Å². The molecule has 0 amide bonds. The monoisotopic (exact) mass is 380 g/mol. The summed E-state index contributed by atoms with van der Waals surface area (Å²) in [4.78, 5) is 25.7. The fourth-order valence-corrected chi connectivity index (χ4v) is 3.15. The van der Waals surface area contributed by atoms with Crippen LogP contribution in [0.3, 0.4) is 0 Å². The van der Waals surface area contributed by atoms with E-state index in [-0.39, 0.29) is 5.78 Å². The van der Waals surface area contributed by atoms with E-state index in [0.717, 1.165) is 28.2 Å². The van der Waals surface area contributed by atoms with Crippen molar-refractivity contribution < 1.29 is 4.79 Å². The average molecular weight is 380 g/mol. The number of aromatic nitrogens is 3. The number of pyridine rings is 1. The lowest BCUT2D eigenvalue weighted by Gasteiger charge is -2.07. The quantitative estimate of drug-likeness (QED) is 0.402. The molecule has 0 spiro atoms. The first-order valence-corrected chi connectivity index (χ1v) is 9.36. The van der Waals surface area contributed by atoms with Crippen LogP contribution < -0.4 is 5.73 Å². The van der Waals surface area contributed by atoms with E-state index in [2.05, 4.69) is 15.0 Å². The molecule has 4 aromatic rings. The molecule has 0 aliphatic heterocycles. The number of nitrogens with zero attached hydrogens (tertiary/aromatic N) is 3. The first kappa shape index (κ1) is 18.5. The smallest absolute Gasteiger partial charge is 0.167 e. The zero-order valence-corrected chi connectivity index (χ0v) is 15.8. The van der Waals surface area contributed by atoms with E-state index in [9.17, 15) is 4.79 Å². The molecule has 5 heteroatoms. The van der Waals surface area contributed by atoms with Gasteiger partial charge < -0.3 is 5.73 Å². The molecule has 29 heavy (non-hydrogen) atoms. The molecule has 0 bridgehead atoms. The van der Waals surface area contributed by atoms with Crippen LogP contribution in [0.25, 0.3) is 11.3 Å². The molecule has 0 saturated carbocycles. The number of Topliss-reactive ketones (excluding diaryl/α,β-unsaturated/α-hetero) is 1. The highest BCUT2D eigenvalue weighted by molar-refractivity contribution is 5.97. The van der Waals surface area contributed by atoms with Crippen LogP contribution in [-0.2, 0) is 12.8 Å². The standard InChI is InChI=1S/C24H20N4O/c25-21-8-6-19(7-9-21)23(29)14-17-3-1-4-18(13-17)15-24-27-12-10-22(28-24)20-5-2-11-26-16-20/h1-13,16H,14-15,25H2. The predicted octanol–water partition coefficient (Wildman–Crippen LogP) is 4.14. The number of rotatable bonds is 6. The van der Waals surface area contributed by atoms with Crippen molar-refractivity contribution in [3.8, 4) is 11.3 Å². The summed E-state index contributed by atoms with van der Waals surface area (Å²) in [7, 11) is 0. The molecule has 142 valence electrons. The van der Waals surface area contributed by atoms with Crippen LogP contribution in [0.5, 0.6) is 0 Å². The Kier molecular flexibility index (Phi) is 5.38. The first-order chi connectivity index (χ1) is 14.2. The van der Waals surface area contributed by atoms with E-state index in [1.54, 1.807) is 42.9 Å². The Morgan fingerprint density at radius 1 is 0.897 bits per heavy atom. The second-order valence-electron chi connectivity index (χ2n) is 6.82. The Morgan fingerprint density at radius 3 is 2.52 bits per heavy atom. The van der Waals surface area contributed by atoms with E-state index in [0.29, 0.717) is 24.1 Å². The average Bonchev–Trinajstić information content (AvgIpc) is 2.75. The van der Waals surface area contributed by atoms with Crippen molar-refractivity contribution in [2.75, 3.05) is 5.73 Å². The number of anilines is 1.